The number of anilines is 1. The molecular weight excluding hydrogens is 580 g/mol. The molecule has 0 radical (unpaired) electrons. The molecule has 0 bridgehead atoms. The van der Waals surface area contributed by atoms with Crippen LogP contribution in [0, 0.1) is 0 Å². The summed E-state index contributed by atoms with van der Waals surface area (Å²) in [6.07, 6.45) is 1.55. The number of carbonyl (C=O) groups is 1. The monoisotopic (exact) mass is 614 g/mol. The van der Waals surface area contributed by atoms with Gasteiger partial charge >= 0.3 is 5.97 Å². The van der Waals surface area contributed by atoms with Crippen LogP contribution in [0.2, 0.25) is 5.02 Å². The topological polar surface area (TPSA) is 78.3 Å². The van der Waals surface area contributed by atoms with E-state index in [1.54, 1.807) is 10.8 Å². The van der Waals surface area contributed by atoms with Gasteiger partial charge in [-0.2, -0.15) is 4.98 Å². The normalized spacial score (nSPS) is 14.6. The van der Waals surface area contributed by atoms with Gasteiger partial charge < -0.3 is 14.8 Å². The van der Waals surface area contributed by atoms with E-state index in [4.69, 9.17) is 31.2 Å². The number of carbonyl (C=O) groups excluding carboxylic acids is 1. The maximum atomic E-state index is 13.3. The molecule has 1 aromatic heterocycles. The van der Waals surface area contributed by atoms with Crippen molar-refractivity contribution in [3.05, 3.63) is 124 Å². The molecule has 0 fully saturated rings. The van der Waals surface area contributed by atoms with Gasteiger partial charge in [-0.1, -0.05) is 111 Å². The molecule has 222 valence electrons. The number of aromatic nitrogens is 3. The van der Waals surface area contributed by atoms with Gasteiger partial charge in [0.1, 0.15) is 25.0 Å². The minimum atomic E-state index is -0.547. The van der Waals surface area contributed by atoms with E-state index in [-0.39, 0.29) is 12.0 Å². The summed E-state index contributed by atoms with van der Waals surface area (Å²) in [6.45, 7) is 12.7. The van der Waals surface area contributed by atoms with Gasteiger partial charge in [0.25, 0.3) is 0 Å². The molecule has 0 saturated heterocycles. The van der Waals surface area contributed by atoms with Crippen molar-refractivity contribution in [1.82, 2.24) is 14.8 Å². The Hall–Kier alpha value is -4.01. The molecule has 5 rings (SSSR count). The molecule has 9 heteroatoms. The Bertz CT molecular complexity index is 1640. The van der Waals surface area contributed by atoms with Crippen molar-refractivity contribution in [3.8, 4) is 5.75 Å². The summed E-state index contributed by atoms with van der Waals surface area (Å²) in [5.74, 6) is 1.44. The quantitative estimate of drug-likeness (QED) is 0.110. The van der Waals surface area contributed by atoms with E-state index in [9.17, 15) is 4.79 Å². The highest BCUT2D eigenvalue weighted by molar-refractivity contribution is 7.98. The van der Waals surface area contributed by atoms with Gasteiger partial charge in [0.05, 0.1) is 5.57 Å². The van der Waals surface area contributed by atoms with Gasteiger partial charge in [-0.15, -0.1) is 5.10 Å². The Balaban J connectivity index is 1.38. The highest BCUT2D eigenvalue weighted by atomic mass is 35.5. The van der Waals surface area contributed by atoms with Gasteiger partial charge in [0.2, 0.25) is 11.1 Å². The van der Waals surface area contributed by atoms with Crippen LogP contribution < -0.4 is 10.1 Å². The smallest absolute Gasteiger partial charge is 0.338 e. The number of rotatable bonds is 10. The fraction of sp³-hybridized carbons (Fsp3) is 0.265. The lowest BCUT2D eigenvalue weighted by atomic mass is 9.87. The fourth-order valence-corrected chi connectivity index (χ4v) is 5.86. The zero-order chi connectivity index (χ0) is 30.6. The third kappa shape index (κ3) is 7.14. The lowest BCUT2D eigenvalue weighted by molar-refractivity contribution is -0.138. The van der Waals surface area contributed by atoms with Crippen LogP contribution >= 0.6 is 23.4 Å². The first kappa shape index (κ1) is 30.4. The van der Waals surface area contributed by atoms with Crippen molar-refractivity contribution in [2.24, 2.45) is 0 Å². The largest absolute Gasteiger partial charge is 0.489 e. The third-order valence-electron chi connectivity index (χ3n) is 7.12. The summed E-state index contributed by atoms with van der Waals surface area (Å²) in [4.78, 5) is 18.0. The molecule has 7 nitrogen and oxygen atoms in total. The number of ether oxygens (including phenoxy) is 2. The number of halogens is 1. The number of nitrogens with one attached hydrogen (secondary N) is 1. The Labute approximate surface area is 262 Å². The molecule has 1 aliphatic rings. The van der Waals surface area contributed by atoms with E-state index in [2.05, 4.69) is 56.9 Å². The van der Waals surface area contributed by atoms with Crippen molar-refractivity contribution < 1.29 is 14.3 Å². The van der Waals surface area contributed by atoms with E-state index in [1.165, 1.54) is 17.3 Å². The van der Waals surface area contributed by atoms with E-state index in [0.29, 0.717) is 39.8 Å². The summed E-state index contributed by atoms with van der Waals surface area (Å²) < 4.78 is 13.3. The molecule has 1 aliphatic heterocycles. The molecule has 0 amide bonds. The Morgan fingerprint density at radius 1 is 1.09 bits per heavy atom. The highest BCUT2D eigenvalue weighted by Gasteiger charge is 2.35. The first-order chi connectivity index (χ1) is 20.6. The number of hydrogen-bond acceptors (Lipinski definition) is 7. The standard InChI is InChI=1S/C34H35ClN4O3S/c1-6-19-41-31(40)29-22(2)36-32-37-33(43-21-25-9-7-8-10-28(25)35)38-39(32)30(29)24-13-17-27(18-14-24)42-20-23-11-15-26(16-12-23)34(3,4)5/h6-18,30H,1,19-21H2,2-5H3,(H,36,37,38). The number of hydrogen-bond donors (Lipinski definition) is 1. The van der Waals surface area contributed by atoms with E-state index >= 15 is 0 Å². The molecule has 4 aromatic rings. The molecule has 1 N–H and O–H groups in total. The summed E-state index contributed by atoms with van der Waals surface area (Å²) in [5, 5.41) is 9.30. The number of thioether (sulfide) groups is 1. The minimum absolute atomic E-state index is 0.104. The molecule has 1 atom stereocenters. The lowest BCUT2D eigenvalue weighted by Crippen LogP contribution is -2.29. The van der Waals surface area contributed by atoms with E-state index in [0.717, 1.165) is 22.4 Å². The molecule has 0 saturated carbocycles. The Kier molecular flexibility index (Phi) is 9.28. The number of fused-ring (bicyclic) bond motifs is 1. The number of benzene rings is 3. The summed E-state index contributed by atoms with van der Waals surface area (Å²) in [7, 11) is 0. The van der Waals surface area contributed by atoms with Crippen LogP contribution in [0.15, 0.2) is 102 Å². The van der Waals surface area contributed by atoms with Gasteiger partial charge in [-0.3, -0.25) is 0 Å². The minimum Gasteiger partial charge on any atom is -0.489 e. The predicted octanol–water partition coefficient (Wildman–Crippen LogP) is 8.12. The van der Waals surface area contributed by atoms with E-state index in [1.807, 2.05) is 55.5 Å². The summed E-state index contributed by atoms with van der Waals surface area (Å²) in [5.41, 5.74) is 5.43. The Morgan fingerprint density at radius 2 is 1.81 bits per heavy atom. The number of nitrogens with zero attached hydrogens (tertiary/aromatic N) is 3. The number of esters is 1. The second kappa shape index (κ2) is 13.1. The zero-order valence-corrected chi connectivity index (χ0v) is 26.3. The molecule has 1 unspecified atom stereocenters. The fourth-order valence-electron chi connectivity index (χ4n) is 4.75. The van der Waals surface area contributed by atoms with Gasteiger partial charge in [0, 0.05) is 16.5 Å². The average Bonchev–Trinajstić information content (AvgIpc) is 3.40. The van der Waals surface area contributed by atoms with Crippen LogP contribution in [0.25, 0.3) is 0 Å². The maximum absolute atomic E-state index is 13.3. The molecule has 43 heavy (non-hydrogen) atoms. The van der Waals surface area contributed by atoms with Crippen LogP contribution in [0.5, 0.6) is 5.75 Å². The molecule has 0 aliphatic carbocycles. The SMILES string of the molecule is C=CCOC(=O)C1=C(C)Nc2nc(SCc3ccccc3Cl)nn2C1c1ccc(OCc2ccc(C(C)(C)C)cc2)cc1. The predicted molar refractivity (Wildman–Crippen MR) is 173 cm³/mol. The van der Waals surface area contributed by atoms with Gasteiger partial charge in [0.15, 0.2) is 0 Å². The first-order valence-corrected chi connectivity index (χ1v) is 15.4. The molecular formula is C34H35ClN4O3S. The number of allylic oxidation sites excluding steroid dienone is 1. The van der Waals surface area contributed by atoms with Crippen LogP contribution in [0.3, 0.4) is 0 Å². The first-order valence-electron chi connectivity index (χ1n) is 14.0. The van der Waals surface area contributed by atoms with Crippen molar-refractivity contribution in [1.29, 1.82) is 0 Å². The zero-order valence-electron chi connectivity index (χ0n) is 24.8. The van der Waals surface area contributed by atoms with E-state index < -0.39 is 12.0 Å². The lowest BCUT2D eigenvalue weighted by Gasteiger charge is -2.28. The van der Waals surface area contributed by atoms with Crippen molar-refractivity contribution in [3.63, 3.8) is 0 Å². The van der Waals surface area contributed by atoms with Crippen molar-refractivity contribution >= 4 is 35.3 Å². The van der Waals surface area contributed by atoms with Gasteiger partial charge in [-0.25, -0.2) is 9.48 Å². The molecule has 0 spiro atoms. The summed E-state index contributed by atoms with van der Waals surface area (Å²) in [6, 6.07) is 23.4. The second-order valence-corrected chi connectivity index (χ2v) is 12.7. The molecule has 2 heterocycles. The maximum Gasteiger partial charge on any atom is 0.338 e. The highest BCUT2D eigenvalue weighted by Crippen LogP contribution is 2.38. The second-order valence-electron chi connectivity index (χ2n) is 11.3. The van der Waals surface area contributed by atoms with Crippen LogP contribution in [0.1, 0.15) is 56.0 Å². The van der Waals surface area contributed by atoms with Crippen LogP contribution in [-0.2, 0) is 27.3 Å². The summed E-state index contributed by atoms with van der Waals surface area (Å²) >= 11 is 7.83. The van der Waals surface area contributed by atoms with Crippen molar-refractivity contribution in [2.45, 2.75) is 56.7 Å². The molecule has 3 aromatic carbocycles. The van der Waals surface area contributed by atoms with Gasteiger partial charge in [-0.05, 0) is 52.8 Å². The van der Waals surface area contributed by atoms with Crippen LogP contribution in [-0.4, -0.2) is 27.3 Å². The average molecular weight is 615 g/mol. The van der Waals surface area contributed by atoms with Crippen LogP contribution in [0.4, 0.5) is 5.95 Å². The Morgan fingerprint density at radius 3 is 2.49 bits per heavy atom. The third-order valence-corrected chi connectivity index (χ3v) is 8.38. The van der Waals surface area contributed by atoms with Crippen molar-refractivity contribution in [2.75, 3.05) is 11.9 Å².